The van der Waals surface area contributed by atoms with Crippen molar-refractivity contribution in [1.29, 1.82) is 0 Å². The Morgan fingerprint density at radius 2 is 1.75 bits per heavy atom. The summed E-state index contributed by atoms with van der Waals surface area (Å²) in [7, 11) is 3.22. The van der Waals surface area contributed by atoms with Gasteiger partial charge in [0.25, 0.3) is 0 Å². The van der Waals surface area contributed by atoms with Gasteiger partial charge in [0.2, 0.25) is 0 Å². The van der Waals surface area contributed by atoms with Gasteiger partial charge < -0.3 is 14.2 Å². The molecule has 0 unspecified atom stereocenters. The van der Waals surface area contributed by atoms with Gasteiger partial charge in [-0.1, -0.05) is 18.7 Å². The van der Waals surface area contributed by atoms with E-state index in [-0.39, 0.29) is 6.29 Å². The lowest BCUT2D eigenvalue weighted by Crippen LogP contribution is -2.03. The standard InChI is InChI=1S/C13H18O3/c1-10(2)9-16-12-7-5-11(6-8-12)13(14-3)15-4/h5-8,13H,1,9H2,2-4H3. The molecule has 3 heteroatoms. The van der Waals surface area contributed by atoms with Gasteiger partial charge in [0.05, 0.1) is 0 Å². The van der Waals surface area contributed by atoms with Crippen molar-refractivity contribution < 1.29 is 14.2 Å². The summed E-state index contributed by atoms with van der Waals surface area (Å²) >= 11 is 0. The molecule has 0 saturated carbocycles. The van der Waals surface area contributed by atoms with Gasteiger partial charge in [-0.25, -0.2) is 0 Å². The maximum atomic E-state index is 5.49. The number of hydrogen-bond acceptors (Lipinski definition) is 3. The lowest BCUT2D eigenvalue weighted by Gasteiger charge is -2.14. The summed E-state index contributed by atoms with van der Waals surface area (Å²) in [5, 5.41) is 0. The molecule has 0 spiro atoms. The number of ether oxygens (including phenoxy) is 3. The number of methoxy groups -OCH3 is 2. The summed E-state index contributed by atoms with van der Waals surface area (Å²) in [6, 6.07) is 7.63. The minimum atomic E-state index is -0.324. The van der Waals surface area contributed by atoms with E-state index >= 15 is 0 Å². The van der Waals surface area contributed by atoms with Crippen LogP contribution < -0.4 is 4.74 Å². The number of rotatable bonds is 6. The van der Waals surface area contributed by atoms with E-state index in [1.807, 2.05) is 31.2 Å². The smallest absolute Gasteiger partial charge is 0.183 e. The van der Waals surface area contributed by atoms with Gasteiger partial charge in [0.1, 0.15) is 12.4 Å². The monoisotopic (exact) mass is 222 g/mol. The van der Waals surface area contributed by atoms with E-state index in [0.29, 0.717) is 6.61 Å². The average molecular weight is 222 g/mol. The third-order valence-corrected chi connectivity index (χ3v) is 2.07. The summed E-state index contributed by atoms with van der Waals surface area (Å²) in [6.07, 6.45) is -0.324. The van der Waals surface area contributed by atoms with E-state index in [4.69, 9.17) is 14.2 Å². The minimum absolute atomic E-state index is 0.324. The molecule has 1 aromatic carbocycles. The van der Waals surface area contributed by atoms with E-state index in [9.17, 15) is 0 Å². The zero-order valence-electron chi connectivity index (χ0n) is 10.0. The quantitative estimate of drug-likeness (QED) is 0.547. The van der Waals surface area contributed by atoms with Crippen LogP contribution in [0.5, 0.6) is 5.75 Å². The van der Waals surface area contributed by atoms with Crippen molar-refractivity contribution in [2.75, 3.05) is 20.8 Å². The van der Waals surface area contributed by atoms with E-state index in [2.05, 4.69) is 6.58 Å². The maximum absolute atomic E-state index is 5.49. The second kappa shape index (κ2) is 6.30. The van der Waals surface area contributed by atoms with Crippen molar-refractivity contribution in [2.24, 2.45) is 0 Å². The molecular formula is C13H18O3. The van der Waals surface area contributed by atoms with Gasteiger partial charge in [-0.2, -0.15) is 0 Å². The topological polar surface area (TPSA) is 27.7 Å². The fraction of sp³-hybridized carbons (Fsp3) is 0.385. The van der Waals surface area contributed by atoms with Gasteiger partial charge in [0.15, 0.2) is 6.29 Å². The Morgan fingerprint density at radius 1 is 1.19 bits per heavy atom. The second-order valence-corrected chi connectivity index (χ2v) is 3.62. The Hall–Kier alpha value is -1.32. The lowest BCUT2D eigenvalue weighted by atomic mass is 10.2. The Kier molecular flexibility index (Phi) is 5.02. The van der Waals surface area contributed by atoms with Crippen molar-refractivity contribution >= 4 is 0 Å². The molecule has 88 valence electrons. The van der Waals surface area contributed by atoms with Crippen LogP contribution in [0.4, 0.5) is 0 Å². The number of benzene rings is 1. The molecule has 0 amide bonds. The maximum Gasteiger partial charge on any atom is 0.183 e. The third kappa shape index (κ3) is 3.68. The van der Waals surface area contributed by atoms with Crippen LogP contribution in [0.3, 0.4) is 0 Å². The van der Waals surface area contributed by atoms with Gasteiger partial charge in [0, 0.05) is 19.8 Å². The summed E-state index contributed by atoms with van der Waals surface area (Å²) in [5.41, 5.74) is 1.96. The highest BCUT2D eigenvalue weighted by molar-refractivity contribution is 5.28. The van der Waals surface area contributed by atoms with Gasteiger partial charge >= 0.3 is 0 Å². The summed E-state index contributed by atoms with van der Waals surface area (Å²) in [4.78, 5) is 0. The van der Waals surface area contributed by atoms with E-state index < -0.39 is 0 Å². The van der Waals surface area contributed by atoms with Crippen LogP contribution in [-0.4, -0.2) is 20.8 Å². The Labute approximate surface area is 96.6 Å². The van der Waals surface area contributed by atoms with Crippen LogP contribution in [0.2, 0.25) is 0 Å². The minimum Gasteiger partial charge on any atom is -0.489 e. The molecule has 1 aromatic rings. The van der Waals surface area contributed by atoms with Crippen molar-refractivity contribution in [3.63, 3.8) is 0 Å². The first kappa shape index (κ1) is 12.7. The van der Waals surface area contributed by atoms with E-state index in [0.717, 1.165) is 16.9 Å². The predicted molar refractivity (Wildman–Crippen MR) is 63.5 cm³/mol. The zero-order chi connectivity index (χ0) is 12.0. The Morgan fingerprint density at radius 3 is 2.19 bits per heavy atom. The molecule has 0 aliphatic heterocycles. The predicted octanol–water partition coefficient (Wildman–Crippen LogP) is 2.93. The van der Waals surface area contributed by atoms with Gasteiger partial charge in [-0.05, 0) is 24.6 Å². The molecule has 3 nitrogen and oxygen atoms in total. The molecule has 16 heavy (non-hydrogen) atoms. The second-order valence-electron chi connectivity index (χ2n) is 3.62. The van der Waals surface area contributed by atoms with Crippen LogP contribution in [0.1, 0.15) is 18.8 Å². The lowest BCUT2D eigenvalue weighted by molar-refractivity contribution is -0.106. The number of hydrogen-bond donors (Lipinski definition) is 0. The van der Waals surface area contributed by atoms with E-state index in [1.165, 1.54) is 0 Å². The Bertz CT molecular complexity index is 326. The first-order valence-corrected chi connectivity index (χ1v) is 5.10. The molecule has 0 saturated heterocycles. The van der Waals surface area contributed by atoms with Crippen LogP contribution >= 0.6 is 0 Å². The van der Waals surface area contributed by atoms with Crippen LogP contribution in [0.25, 0.3) is 0 Å². The summed E-state index contributed by atoms with van der Waals surface area (Å²) < 4.78 is 15.8. The van der Waals surface area contributed by atoms with E-state index in [1.54, 1.807) is 14.2 Å². The fourth-order valence-electron chi connectivity index (χ4n) is 1.30. The van der Waals surface area contributed by atoms with Crippen LogP contribution in [0.15, 0.2) is 36.4 Å². The van der Waals surface area contributed by atoms with Crippen molar-refractivity contribution in [3.05, 3.63) is 42.0 Å². The SMILES string of the molecule is C=C(C)COc1ccc(C(OC)OC)cc1. The average Bonchev–Trinajstić information content (AvgIpc) is 2.29. The van der Waals surface area contributed by atoms with Crippen molar-refractivity contribution in [1.82, 2.24) is 0 Å². The van der Waals surface area contributed by atoms with Crippen LogP contribution in [-0.2, 0) is 9.47 Å². The highest BCUT2D eigenvalue weighted by atomic mass is 16.7. The molecule has 0 N–H and O–H groups in total. The van der Waals surface area contributed by atoms with Gasteiger partial charge in [-0.3, -0.25) is 0 Å². The summed E-state index contributed by atoms with van der Waals surface area (Å²) in [6.45, 7) is 6.25. The molecule has 0 aliphatic rings. The first-order chi connectivity index (χ1) is 7.67. The third-order valence-electron chi connectivity index (χ3n) is 2.07. The summed E-state index contributed by atoms with van der Waals surface area (Å²) in [5.74, 6) is 0.817. The molecule has 0 aliphatic carbocycles. The zero-order valence-corrected chi connectivity index (χ0v) is 10.0. The largest absolute Gasteiger partial charge is 0.489 e. The molecule has 0 aromatic heterocycles. The molecule has 0 radical (unpaired) electrons. The van der Waals surface area contributed by atoms with Gasteiger partial charge in [-0.15, -0.1) is 0 Å². The van der Waals surface area contributed by atoms with Crippen molar-refractivity contribution in [2.45, 2.75) is 13.2 Å². The fourth-order valence-corrected chi connectivity index (χ4v) is 1.30. The molecular weight excluding hydrogens is 204 g/mol. The molecule has 1 rings (SSSR count). The molecule has 0 bridgehead atoms. The molecule has 0 heterocycles. The Balaban J connectivity index is 2.63. The molecule has 0 fully saturated rings. The van der Waals surface area contributed by atoms with Crippen molar-refractivity contribution in [3.8, 4) is 5.75 Å². The highest BCUT2D eigenvalue weighted by Crippen LogP contribution is 2.20. The normalized spacial score (nSPS) is 10.5. The first-order valence-electron chi connectivity index (χ1n) is 5.10. The van der Waals surface area contributed by atoms with Crippen LogP contribution in [0, 0.1) is 0 Å². The molecule has 0 atom stereocenters. The highest BCUT2D eigenvalue weighted by Gasteiger charge is 2.07.